The van der Waals surface area contributed by atoms with Crippen LogP contribution >= 0.6 is 0 Å². The number of nitrogens with zero attached hydrogens (tertiary/aromatic N) is 1. The van der Waals surface area contributed by atoms with E-state index >= 15 is 0 Å². The quantitative estimate of drug-likeness (QED) is 0.835. The van der Waals surface area contributed by atoms with E-state index in [0.717, 1.165) is 19.5 Å². The molecule has 0 bridgehead atoms. The number of furan rings is 1. The van der Waals surface area contributed by atoms with Crippen molar-refractivity contribution in [1.82, 2.24) is 4.90 Å². The van der Waals surface area contributed by atoms with E-state index in [1.807, 2.05) is 6.07 Å². The molecule has 0 fully saturated rings. The average Bonchev–Trinajstić information content (AvgIpc) is 2.65. The zero-order chi connectivity index (χ0) is 12.2. The maximum atomic E-state index is 6.13. The van der Waals surface area contributed by atoms with Gasteiger partial charge in [-0.15, -0.1) is 0 Å². The highest BCUT2D eigenvalue weighted by Crippen LogP contribution is 2.19. The normalized spacial score (nSPS) is 14.4. The van der Waals surface area contributed by atoms with Gasteiger partial charge in [-0.25, -0.2) is 0 Å². The lowest BCUT2D eigenvalue weighted by Gasteiger charge is -2.28. The SMILES string of the molecule is CN(CCC(N)C(C)(C)C)Cc1ccoc1. The molecule has 92 valence electrons. The van der Waals surface area contributed by atoms with Crippen molar-refractivity contribution in [2.45, 2.75) is 39.8 Å². The van der Waals surface area contributed by atoms with Crippen molar-refractivity contribution in [1.29, 1.82) is 0 Å². The summed E-state index contributed by atoms with van der Waals surface area (Å²) in [6.07, 6.45) is 4.53. The average molecular weight is 224 g/mol. The summed E-state index contributed by atoms with van der Waals surface area (Å²) >= 11 is 0. The van der Waals surface area contributed by atoms with E-state index in [4.69, 9.17) is 10.2 Å². The summed E-state index contributed by atoms with van der Waals surface area (Å²) in [7, 11) is 2.11. The van der Waals surface area contributed by atoms with Gasteiger partial charge in [-0.1, -0.05) is 20.8 Å². The maximum Gasteiger partial charge on any atom is 0.0947 e. The summed E-state index contributed by atoms with van der Waals surface area (Å²) in [5.74, 6) is 0. The number of hydrogen-bond acceptors (Lipinski definition) is 3. The lowest BCUT2D eigenvalue weighted by atomic mass is 9.85. The summed E-state index contributed by atoms with van der Waals surface area (Å²) in [6, 6.07) is 2.25. The molecule has 1 unspecified atom stereocenters. The Balaban J connectivity index is 2.28. The van der Waals surface area contributed by atoms with Gasteiger partial charge in [0.05, 0.1) is 12.5 Å². The first-order chi connectivity index (χ1) is 7.39. The van der Waals surface area contributed by atoms with Crippen molar-refractivity contribution in [2.75, 3.05) is 13.6 Å². The predicted molar refractivity (Wildman–Crippen MR) is 67.1 cm³/mol. The van der Waals surface area contributed by atoms with Crippen LogP contribution < -0.4 is 5.73 Å². The van der Waals surface area contributed by atoms with Gasteiger partial charge in [0.1, 0.15) is 0 Å². The van der Waals surface area contributed by atoms with Gasteiger partial charge in [0, 0.05) is 18.2 Å². The number of hydrogen-bond donors (Lipinski definition) is 1. The Hall–Kier alpha value is -0.800. The Kier molecular flexibility index (Phi) is 4.56. The lowest BCUT2D eigenvalue weighted by Crippen LogP contribution is -2.37. The maximum absolute atomic E-state index is 6.13. The molecule has 0 radical (unpaired) electrons. The van der Waals surface area contributed by atoms with Gasteiger partial charge in [0.2, 0.25) is 0 Å². The van der Waals surface area contributed by atoms with Crippen LogP contribution in [0.5, 0.6) is 0 Å². The summed E-state index contributed by atoms with van der Waals surface area (Å²) in [5, 5.41) is 0. The van der Waals surface area contributed by atoms with Gasteiger partial charge in [0.15, 0.2) is 0 Å². The second kappa shape index (κ2) is 5.51. The van der Waals surface area contributed by atoms with Crippen molar-refractivity contribution >= 4 is 0 Å². The Labute approximate surface area is 98.6 Å². The molecule has 0 saturated heterocycles. The standard InChI is InChI=1S/C13H24N2O/c1-13(2,3)12(14)5-7-15(4)9-11-6-8-16-10-11/h6,8,10,12H,5,7,9,14H2,1-4H3. The zero-order valence-corrected chi connectivity index (χ0v) is 10.9. The predicted octanol–water partition coefficient (Wildman–Crippen LogP) is 2.47. The minimum absolute atomic E-state index is 0.191. The van der Waals surface area contributed by atoms with E-state index in [0.29, 0.717) is 0 Å². The molecule has 1 atom stereocenters. The largest absolute Gasteiger partial charge is 0.472 e. The van der Waals surface area contributed by atoms with Crippen LogP contribution in [0, 0.1) is 5.41 Å². The summed E-state index contributed by atoms with van der Waals surface area (Å²) in [4.78, 5) is 2.27. The molecule has 0 amide bonds. The van der Waals surface area contributed by atoms with Gasteiger partial charge in [-0.05, 0) is 31.5 Å². The molecule has 1 rings (SSSR count). The second-order valence-corrected chi connectivity index (χ2v) is 5.63. The molecular formula is C13H24N2O. The molecule has 3 heteroatoms. The molecule has 0 aliphatic carbocycles. The van der Waals surface area contributed by atoms with Crippen molar-refractivity contribution in [3.05, 3.63) is 24.2 Å². The fourth-order valence-electron chi connectivity index (χ4n) is 1.57. The van der Waals surface area contributed by atoms with Crippen molar-refractivity contribution in [3.8, 4) is 0 Å². The van der Waals surface area contributed by atoms with Gasteiger partial charge in [0.25, 0.3) is 0 Å². The Morgan fingerprint density at radius 1 is 1.44 bits per heavy atom. The molecule has 2 N–H and O–H groups in total. The molecule has 1 heterocycles. The molecule has 0 aliphatic rings. The van der Waals surface area contributed by atoms with E-state index in [-0.39, 0.29) is 11.5 Å². The topological polar surface area (TPSA) is 42.4 Å². The molecule has 0 spiro atoms. The fourth-order valence-corrected chi connectivity index (χ4v) is 1.57. The van der Waals surface area contributed by atoms with Crippen molar-refractivity contribution in [2.24, 2.45) is 11.1 Å². The van der Waals surface area contributed by atoms with Crippen LogP contribution in [0.4, 0.5) is 0 Å². The molecule has 1 aromatic heterocycles. The Morgan fingerprint density at radius 2 is 2.12 bits per heavy atom. The highest BCUT2D eigenvalue weighted by molar-refractivity contribution is 5.04. The number of rotatable bonds is 5. The Morgan fingerprint density at radius 3 is 2.62 bits per heavy atom. The third kappa shape index (κ3) is 4.37. The fraction of sp³-hybridized carbons (Fsp3) is 0.692. The lowest BCUT2D eigenvalue weighted by molar-refractivity contribution is 0.251. The number of nitrogens with two attached hydrogens (primary N) is 1. The van der Waals surface area contributed by atoms with Crippen molar-refractivity contribution < 1.29 is 4.42 Å². The second-order valence-electron chi connectivity index (χ2n) is 5.63. The molecule has 0 aliphatic heterocycles. The first-order valence-corrected chi connectivity index (χ1v) is 5.85. The van der Waals surface area contributed by atoms with Crippen LogP contribution in [0.15, 0.2) is 23.0 Å². The first kappa shape index (κ1) is 13.3. The van der Waals surface area contributed by atoms with Crippen LogP contribution in [0.1, 0.15) is 32.8 Å². The van der Waals surface area contributed by atoms with E-state index in [2.05, 4.69) is 32.7 Å². The third-order valence-corrected chi connectivity index (χ3v) is 2.97. The smallest absolute Gasteiger partial charge is 0.0947 e. The van der Waals surface area contributed by atoms with Crippen LogP contribution in [-0.2, 0) is 6.54 Å². The van der Waals surface area contributed by atoms with Gasteiger partial charge >= 0.3 is 0 Å². The van der Waals surface area contributed by atoms with E-state index in [9.17, 15) is 0 Å². The minimum atomic E-state index is 0.191. The minimum Gasteiger partial charge on any atom is -0.472 e. The van der Waals surface area contributed by atoms with Crippen LogP contribution in [-0.4, -0.2) is 24.5 Å². The summed E-state index contributed by atoms with van der Waals surface area (Å²) in [5.41, 5.74) is 7.53. The summed E-state index contributed by atoms with van der Waals surface area (Å²) in [6.45, 7) is 8.51. The Bertz CT molecular complexity index is 287. The third-order valence-electron chi connectivity index (χ3n) is 2.97. The molecule has 1 aromatic rings. The highest BCUT2D eigenvalue weighted by Gasteiger charge is 2.20. The first-order valence-electron chi connectivity index (χ1n) is 5.85. The molecular weight excluding hydrogens is 200 g/mol. The van der Waals surface area contributed by atoms with Gasteiger partial charge < -0.3 is 15.1 Å². The molecule has 3 nitrogen and oxygen atoms in total. The molecule has 16 heavy (non-hydrogen) atoms. The van der Waals surface area contributed by atoms with Crippen LogP contribution in [0.2, 0.25) is 0 Å². The van der Waals surface area contributed by atoms with Crippen LogP contribution in [0.25, 0.3) is 0 Å². The van der Waals surface area contributed by atoms with Gasteiger partial charge in [-0.3, -0.25) is 0 Å². The summed E-state index contributed by atoms with van der Waals surface area (Å²) < 4.78 is 5.04. The van der Waals surface area contributed by atoms with Crippen LogP contribution in [0.3, 0.4) is 0 Å². The van der Waals surface area contributed by atoms with E-state index in [1.54, 1.807) is 12.5 Å². The van der Waals surface area contributed by atoms with Gasteiger partial charge in [-0.2, -0.15) is 0 Å². The van der Waals surface area contributed by atoms with E-state index in [1.165, 1.54) is 5.56 Å². The monoisotopic (exact) mass is 224 g/mol. The molecule has 0 saturated carbocycles. The van der Waals surface area contributed by atoms with E-state index < -0.39 is 0 Å². The zero-order valence-electron chi connectivity index (χ0n) is 10.9. The highest BCUT2D eigenvalue weighted by atomic mass is 16.3. The molecule has 0 aromatic carbocycles. The van der Waals surface area contributed by atoms with Crippen molar-refractivity contribution in [3.63, 3.8) is 0 Å².